The van der Waals surface area contributed by atoms with Crippen LogP contribution in [-0.2, 0) is 0 Å². The quantitative estimate of drug-likeness (QED) is 0.256. The molecule has 3 rings (SSSR count). The summed E-state index contributed by atoms with van der Waals surface area (Å²) in [6.45, 7) is 5.59. The van der Waals surface area contributed by atoms with Crippen molar-refractivity contribution in [1.29, 1.82) is 0 Å². The summed E-state index contributed by atoms with van der Waals surface area (Å²) in [7, 11) is 3.92. The smallest absolute Gasteiger partial charge is 0.363 e. The van der Waals surface area contributed by atoms with Crippen LogP contribution in [0, 0.1) is 0 Å². The number of hydrazine groups is 1. The zero-order chi connectivity index (χ0) is 25.8. The van der Waals surface area contributed by atoms with E-state index in [9.17, 15) is 18.0 Å². The molecule has 1 aromatic carbocycles. The molecule has 2 heterocycles. The van der Waals surface area contributed by atoms with Crippen LogP contribution in [0.25, 0.3) is 0 Å². The molecule has 1 aromatic heterocycles. The minimum Gasteiger partial charge on any atom is -0.363 e. The largest absolute Gasteiger partial charge is 0.410 e. The summed E-state index contributed by atoms with van der Waals surface area (Å²) < 4.78 is 42.6. The lowest BCUT2D eigenvalue weighted by molar-refractivity contribution is -0.173. The fraction of sp³-hybridized carbons (Fsp3) is 0.522. The molecule has 12 heteroatoms. The van der Waals surface area contributed by atoms with Gasteiger partial charge in [0.1, 0.15) is 5.82 Å². The van der Waals surface area contributed by atoms with E-state index in [0.29, 0.717) is 12.5 Å². The molecular weight excluding hydrogens is 479 g/mol. The van der Waals surface area contributed by atoms with E-state index in [1.807, 2.05) is 43.3 Å². The van der Waals surface area contributed by atoms with Crippen LogP contribution in [0.4, 0.5) is 19.0 Å². The Kier molecular flexibility index (Phi) is 8.60. The number of halogens is 3. The van der Waals surface area contributed by atoms with Gasteiger partial charge < -0.3 is 15.5 Å². The van der Waals surface area contributed by atoms with E-state index in [4.69, 9.17) is 12.2 Å². The molecule has 8 nitrogen and oxygen atoms in total. The fourth-order valence-corrected chi connectivity index (χ4v) is 3.99. The summed E-state index contributed by atoms with van der Waals surface area (Å²) in [4.78, 5) is 14.6. The van der Waals surface area contributed by atoms with Crippen LogP contribution in [0.3, 0.4) is 0 Å². The second-order valence-electron chi connectivity index (χ2n) is 9.16. The van der Waals surface area contributed by atoms with Crippen molar-refractivity contribution in [2.75, 3.05) is 32.5 Å². The van der Waals surface area contributed by atoms with E-state index in [2.05, 4.69) is 40.4 Å². The van der Waals surface area contributed by atoms with Gasteiger partial charge in [0, 0.05) is 19.0 Å². The molecule has 0 unspecified atom stereocenters. The monoisotopic (exact) mass is 511 g/mol. The van der Waals surface area contributed by atoms with Crippen LogP contribution in [0.15, 0.2) is 30.3 Å². The molecule has 0 bridgehead atoms. The highest BCUT2D eigenvalue weighted by atomic mass is 32.1. The number of carbonyl (C=O) groups excluding carboxylic acids is 1. The van der Waals surface area contributed by atoms with Crippen molar-refractivity contribution in [3.05, 3.63) is 47.2 Å². The van der Waals surface area contributed by atoms with Gasteiger partial charge in [0.15, 0.2) is 16.8 Å². The number of amides is 1. The van der Waals surface area contributed by atoms with E-state index in [-0.39, 0.29) is 23.0 Å². The lowest BCUT2D eigenvalue weighted by atomic mass is 9.94. The zero-order valence-corrected chi connectivity index (χ0v) is 21.1. The van der Waals surface area contributed by atoms with Crippen molar-refractivity contribution in [1.82, 2.24) is 30.8 Å². The molecular formula is C23H32F3N7OS. The fourth-order valence-electron chi connectivity index (χ4n) is 3.84. The third-order valence-electron chi connectivity index (χ3n) is 5.79. The van der Waals surface area contributed by atoms with Gasteiger partial charge in [-0.3, -0.25) is 15.6 Å². The van der Waals surface area contributed by atoms with Gasteiger partial charge in [-0.1, -0.05) is 38.1 Å². The van der Waals surface area contributed by atoms with Crippen molar-refractivity contribution in [2.24, 2.45) is 0 Å². The zero-order valence-electron chi connectivity index (χ0n) is 20.2. The number of hydrogen-bond acceptors (Lipinski definition) is 5. The maximum atomic E-state index is 13.9. The predicted octanol–water partition coefficient (Wildman–Crippen LogP) is 3.73. The summed E-state index contributed by atoms with van der Waals surface area (Å²) in [6.07, 6.45) is -3.91. The molecule has 2 atom stereocenters. The number of benzene rings is 1. The SMILES string of the molecule is CC(C)c1ccc([C@@H]2C[C@@H](C(F)(F)F)n3nc(C(=O)NNC(=S)NCCCN(C)C)cc3N2)cc1. The van der Waals surface area contributed by atoms with Gasteiger partial charge in [-0.25, -0.2) is 4.68 Å². The average molecular weight is 512 g/mol. The summed E-state index contributed by atoms with van der Waals surface area (Å²) in [5.41, 5.74) is 6.64. The first-order chi connectivity index (χ1) is 16.5. The molecule has 0 radical (unpaired) electrons. The molecule has 192 valence electrons. The first-order valence-electron chi connectivity index (χ1n) is 11.5. The number of thiocarbonyl (C=S) groups is 1. The highest BCUT2D eigenvalue weighted by Gasteiger charge is 2.46. The first kappa shape index (κ1) is 26.7. The van der Waals surface area contributed by atoms with Crippen molar-refractivity contribution in [3.8, 4) is 0 Å². The molecule has 1 aliphatic heterocycles. The van der Waals surface area contributed by atoms with Crippen LogP contribution in [-0.4, -0.2) is 59.1 Å². The van der Waals surface area contributed by atoms with Crippen LogP contribution < -0.4 is 21.5 Å². The van der Waals surface area contributed by atoms with Gasteiger partial charge in [-0.05, 0) is 56.3 Å². The molecule has 1 amide bonds. The maximum Gasteiger partial charge on any atom is 0.410 e. The maximum absolute atomic E-state index is 13.9. The molecule has 2 aromatic rings. The molecule has 0 saturated carbocycles. The first-order valence-corrected chi connectivity index (χ1v) is 11.9. The number of anilines is 1. The van der Waals surface area contributed by atoms with E-state index >= 15 is 0 Å². The predicted molar refractivity (Wildman–Crippen MR) is 133 cm³/mol. The Morgan fingerprint density at radius 2 is 1.94 bits per heavy atom. The Morgan fingerprint density at radius 3 is 2.54 bits per heavy atom. The number of rotatable bonds is 7. The Bertz CT molecular complexity index is 1020. The van der Waals surface area contributed by atoms with Crippen LogP contribution >= 0.6 is 12.2 Å². The molecule has 0 aliphatic carbocycles. The molecule has 4 N–H and O–H groups in total. The van der Waals surface area contributed by atoms with E-state index in [1.54, 1.807) is 0 Å². The second-order valence-corrected chi connectivity index (χ2v) is 9.57. The van der Waals surface area contributed by atoms with E-state index in [0.717, 1.165) is 28.8 Å². The summed E-state index contributed by atoms with van der Waals surface area (Å²) in [5, 5.41) is 10.2. The molecule has 35 heavy (non-hydrogen) atoms. The van der Waals surface area contributed by atoms with Gasteiger partial charge in [-0.2, -0.15) is 18.3 Å². The number of fused-ring (bicyclic) bond motifs is 1. The Morgan fingerprint density at radius 1 is 1.26 bits per heavy atom. The normalized spacial score (nSPS) is 17.6. The van der Waals surface area contributed by atoms with Crippen LogP contribution in [0.1, 0.15) is 66.3 Å². The van der Waals surface area contributed by atoms with Crippen molar-refractivity contribution < 1.29 is 18.0 Å². The van der Waals surface area contributed by atoms with Crippen LogP contribution in [0.2, 0.25) is 0 Å². The van der Waals surface area contributed by atoms with Crippen LogP contribution in [0.5, 0.6) is 0 Å². The van der Waals surface area contributed by atoms with Crippen molar-refractivity contribution >= 4 is 29.1 Å². The topological polar surface area (TPSA) is 86.2 Å². The van der Waals surface area contributed by atoms with E-state index in [1.165, 1.54) is 6.07 Å². The summed E-state index contributed by atoms with van der Waals surface area (Å²) in [5.74, 6) is -0.237. The molecule has 1 aliphatic rings. The molecule has 0 saturated heterocycles. The highest BCUT2D eigenvalue weighted by molar-refractivity contribution is 7.80. The Balaban J connectivity index is 1.69. The molecule has 0 spiro atoms. The number of hydrogen-bond donors (Lipinski definition) is 4. The van der Waals surface area contributed by atoms with E-state index < -0.39 is 24.2 Å². The average Bonchev–Trinajstić information content (AvgIpc) is 3.23. The summed E-state index contributed by atoms with van der Waals surface area (Å²) in [6, 6.07) is 6.43. The standard InChI is InChI=1S/C23H32F3N7OS/c1-14(2)15-6-8-16(9-7-15)17-12-19(23(24,25)26)33-20(28-17)13-18(31-33)21(34)29-30-22(35)27-10-5-11-32(3)4/h6-9,13-14,17,19,28H,5,10-12H2,1-4H3,(H,29,34)(H2,27,30,35)/t17-,19-/m0/s1. The number of carbonyl (C=O) groups is 1. The lowest BCUT2D eigenvalue weighted by Gasteiger charge is -2.33. The van der Waals surface area contributed by atoms with Gasteiger partial charge in [0.05, 0.1) is 6.04 Å². The van der Waals surface area contributed by atoms with Gasteiger partial charge in [-0.15, -0.1) is 0 Å². The summed E-state index contributed by atoms with van der Waals surface area (Å²) >= 11 is 5.11. The second kappa shape index (κ2) is 11.3. The molecule has 0 fully saturated rings. The minimum atomic E-state index is -4.52. The highest BCUT2D eigenvalue weighted by Crippen LogP contribution is 2.43. The Hall–Kier alpha value is -2.86. The number of alkyl halides is 3. The third kappa shape index (κ3) is 7.07. The van der Waals surface area contributed by atoms with Gasteiger partial charge >= 0.3 is 6.18 Å². The Labute approximate surface area is 208 Å². The minimum absolute atomic E-state index is 0.131. The number of nitrogens with zero attached hydrogens (tertiary/aromatic N) is 3. The third-order valence-corrected chi connectivity index (χ3v) is 6.03. The lowest BCUT2D eigenvalue weighted by Crippen LogP contribution is -2.47. The van der Waals surface area contributed by atoms with Crippen molar-refractivity contribution in [2.45, 2.75) is 50.9 Å². The number of nitrogens with one attached hydrogen (secondary N) is 4. The van der Waals surface area contributed by atoms with Gasteiger partial charge in [0.25, 0.3) is 5.91 Å². The van der Waals surface area contributed by atoms with Gasteiger partial charge in [0.2, 0.25) is 0 Å². The van der Waals surface area contributed by atoms with Crippen molar-refractivity contribution in [3.63, 3.8) is 0 Å². The number of aromatic nitrogens is 2.